The molecule has 0 aliphatic rings. The Morgan fingerprint density at radius 1 is 1.45 bits per heavy atom. The molecule has 0 spiro atoms. The van der Waals surface area contributed by atoms with Gasteiger partial charge in [-0.1, -0.05) is 5.16 Å². The summed E-state index contributed by atoms with van der Waals surface area (Å²) < 4.78 is 42.3. The molecule has 20 heavy (non-hydrogen) atoms. The van der Waals surface area contributed by atoms with Gasteiger partial charge in [-0.05, 0) is 18.4 Å². The minimum Gasteiger partial charge on any atom is -0.338 e. The van der Waals surface area contributed by atoms with Gasteiger partial charge in [0.2, 0.25) is 11.7 Å². The number of nitrogens with zero attached hydrogens (tertiary/aromatic N) is 2. The smallest absolute Gasteiger partial charge is 0.240 e. The van der Waals surface area contributed by atoms with Crippen LogP contribution in [0, 0.1) is 5.82 Å². The van der Waals surface area contributed by atoms with Crippen LogP contribution in [0.1, 0.15) is 5.89 Å². The summed E-state index contributed by atoms with van der Waals surface area (Å²) >= 11 is 1.02. The normalized spacial score (nSPS) is 11.8. The van der Waals surface area contributed by atoms with E-state index in [0.717, 1.165) is 18.0 Å². The molecule has 6 nitrogen and oxygen atoms in total. The number of aromatic nitrogens is 2. The van der Waals surface area contributed by atoms with Crippen LogP contribution in [0.3, 0.4) is 0 Å². The van der Waals surface area contributed by atoms with E-state index in [-0.39, 0.29) is 33.6 Å². The molecule has 1 aromatic heterocycles. The number of thioether (sulfide) groups is 1. The summed E-state index contributed by atoms with van der Waals surface area (Å²) in [5.74, 6) is -0.355. The molecule has 0 saturated heterocycles. The standard InChI is InChI=1S/C11H12FN3O3S2/c1-19-10-7(12)3-6(4-8(10)20(2,16)17)11-14-9(5-13)18-15-11/h3-4H,5,13H2,1-2H3. The third-order valence-corrected chi connectivity index (χ3v) is 4.59. The van der Waals surface area contributed by atoms with Gasteiger partial charge >= 0.3 is 0 Å². The maximum atomic E-state index is 14.0. The van der Waals surface area contributed by atoms with Crippen LogP contribution in [-0.2, 0) is 16.4 Å². The van der Waals surface area contributed by atoms with Crippen molar-refractivity contribution in [3.05, 3.63) is 23.8 Å². The molecule has 0 bridgehead atoms. The molecule has 1 heterocycles. The highest BCUT2D eigenvalue weighted by atomic mass is 32.2. The van der Waals surface area contributed by atoms with Crippen molar-refractivity contribution in [3.63, 3.8) is 0 Å². The summed E-state index contributed by atoms with van der Waals surface area (Å²) in [5.41, 5.74) is 5.57. The molecule has 0 fully saturated rings. The van der Waals surface area contributed by atoms with E-state index >= 15 is 0 Å². The second kappa shape index (κ2) is 5.51. The van der Waals surface area contributed by atoms with Crippen molar-refractivity contribution in [2.24, 2.45) is 5.73 Å². The predicted molar refractivity (Wildman–Crippen MR) is 72.5 cm³/mol. The van der Waals surface area contributed by atoms with E-state index in [1.54, 1.807) is 6.26 Å². The molecule has 2 aromatic rings. The summed E-state index contributed by atoms with van der Waals surface area (Å²) in [4.78, 5) is 3.92. The lowest BCUT2D eigenvalue weighted by molar-refractivity contribution is 0.380. The third-order valence-electron chi connectivity index (χ3n) is 2.51. The van der Waals surface area contributed by atoms with Crippen LogP contribution in [0.4, 0.5) is 4.39 Å². The topological polar surface area (TPSA) is 99.1 Å². The highest BCUT2D eigenvalue weighted by Gasteiger charge is 2.20. The fourth-order valence-electron chi connectivity index (χ4n) is 1.63. The fraction of sp³-hybridized carbons (Fsp3) is 0.273. The van der Waals surface area contributed by atoms with E-state index < -0.39 is 15.7 Å². The Morgan fingerprint density at radius 2 is 2.15 bits per heavy atom. The number of halogens is 1. The lowest BCUT2D eigenvalue weighted by Crippen LogP contribution is -2.02. The summed E-state index contributed by atoms with van der Waals surface area (Å²) in [6, 6.07) is 2.50. The van der Waals surface area contributed by atoms with E-state index in [0.29, 0.717) is 0 Å². The van der Waals surface area contributed by atoms with E-state index in [1.807, 2.05) is 0 Å². The number of hydrogen-bond acceptors (Lipinski definition) is 7. The molecule has 2 N–H and O–H groups in total. The lowest BCUT2D eigenvalue weighted by Gasteiger charge is -2.08. The highest BCUT2D eigenvalue weighted by molar-refractivity contribution is 7.99. The van der Waals surface area contributed by atoms with Crippen LogP contribution in [0.25, 0.3) is 11.4 Å². The molecule has 108 valence electrons. The summed E-state index contributed by atoms with van der Waals surface area (Å²) in [6.45, 7) is 0.0529. The molecular weight excluding hydrogens is 305 g/mol. The number of hydrogen-bond donors (Lipinski definition) is 1. The van der Waals surface area contributed by atoms with Gasteiger partial charge in [0.15, 0.2) is 9.84 Å². The first kappa shape index (κ1) is 14.9. The van der Waals surface area contributed by atoms with Crippen molar-refractivity contribution in [2.45, 2.75) is 16.3 Å². The molecule has 0 radical (unpaired) electrons. The number of sulfone groups is 1. The predicted octanol–water partition coefficient (Wildman–Crippen LogP) is 1.46. The van der Waals surface area contributed by atoms with Crippen molar-refractivity contribution in [1.82, 2.24) is 10.1 Å². The first-order chi connectivity index (χ1) is 9.36. The molecular formula is C11H12FN3O3S2. The zero-order valence-corrected chi connectivity index (χ0v) is 12.4. The molecule has 0 atom stereocenters. The van der Waals surface area contributed by atoms with Gasteiger partial charge in [0.1, 0.15) is 5.82 Å². The fourth-order valence-corrected chi connectivity index (χ4v) is 3.62. The molecule has 0 amide bonds. The molecule has 9 heteroatoms. The highest BCUT2D eigenvalue weighted by Crippen LogP contribution is 2.32. The van der Waals surface area contributed by atoms with Crippen molar-refractivity contribution in [1.29, 1.82) is 0 Å². The van der Waals surface area contributed by atoms with Crippen molar-refractivity contribution >= 4 is 21.6 Å². The van der Waals surface area contributed by atoms with E-state index in [9.17, 15) is 12.8 Å². The van der Waals surface area contributed by atoms with Crippen LogP contribution in [-0.4, -0.2) is 31.1 Å². The van der Waals surface area contributed by atoms with Gasteiger partial charge in [-0.3, -0.25) is 0 Å². The Balaban J connectivity index is 2.65. The maximum absolute atomic E-state index is 14.0. The largest absolute Gasteiger partial charge is 0.338 e. The molecule has 0 aliphatic carbocycles. The lowest BCUT2D eigenvalue weighted by atomic mass is 10.2. The van der Waals surface area contributed by atoms with Gasteiger partial charge in [0.05, 0.1) is 16.3 Å². The minimum absolute atomic E-state index is 0.0529. The Hall–Kier alpha value is -1.45. The monoisotopic (exact) mass is 317 g/mol. The molecule has 0 saturated carbocycles. The molecule has 2 rings (SSSR count). The summed E-state index contributed by atoms with van der Waals surface area (Å²) in [7, 11) is -3.57. The second-order valence-electron chi connectivity index (χ2n) is 3.98. The van der Waals surface area contributed by atoms with E-state index in [2.05, 4.69) is 10.1 Å². The average molecular weight is 317 g/mol. The van der Waals surface area contributed by atoms with Gasteiger partial charge in [-0.2, -0.15) is 4.98 Å². The van der Waals surface area contributed by atoms with Crippen LogP contribution < -0.4 is 5.73 Å². The first-order valence-electron chi connectivity index (χ1n) is 5.47. The quantitative estimate of drug-likeness (QED) is 0.852. The minimum atomic E-state index is -3.57. The zero-order valence-electron chi connectivity index (χ0n) is 10.8. The Labute approximate surface area is 119 Å². The van der Waals surface area contributed by atoms with Crippen molar-refractivity contribution < 1.29 is 17.3 Å². The van der Waals surface area contributed by atoms with Gasteiger partial charge in [-0.15, -0.1) is 11.8 Å². The molecule has 0 aliphatic heterocycles. The van der Waals surface area contributed by atoms with Crippen LogP contribution in [0.2, 0.25) is 0 Å². The zero-order chi connectivity index (χ0) is 14.9. The number of rotatable bonds is 4. The Bertz CT molecular complexity index is 743. The van der Waals surface area contributed by atoms with Crippen LogP contribution in [0.5, 0.6) is 0 Å². The van der Waals surface area contributed by atoms with E-state index in [4.69, 9.17) is 10.3 Å². The van der Waals surface area contributed by atoms with Gasteiger partial charge in [-0.25, -0.2) is 12.8 Å². The second-order valence-corrected chi connectivity index (χ2v) is 6.78. The van der Waals surface area contributed by atoms with Crippen LogP contribution >= 0.6 is 11.8 Å². The van der Waals surface area contributed by atoms with Gasteiger partial charge in [0.25, 0.3) is 0 Å². The van der Waals surface area contributed by atoms with E-state index in [1.165, 1.54) is 12.1 Å². The molecule has 0 unspecified atom stereocenters. The molecule has 1 aromatic carbocycles. The first-order valence-corrected chi connectivity index (χ1v) is 8.59. The van der Waals surface area contributed by atoms with Crippen LogP contribution in [0.15, 0.2) is 26.4 Å². The maximum Gasteiger partial charge on any atom is 0.240 e. The SMILES string of the molecule is CSc1c(F)cc(-c2noc(CN)n2)cc1S(C)(=O)=O. The van der Waals surface area contributed by atoms with Crippen molar-refractivity contribution in [3.8, 4) is 11.4 Å². The van der Waals surface area contributed by atoms with Gasteiger partial charge in [0, 0.05) is 11.8 Å². The van der Waals surface area contributed by atoms with Gasteiger partial charge < -0.3 is 10.3 Å². The Morgan fingerprint density at radius 3 is 2.65 bits per heavy atom. The summed E-state index contributed by atoms with van der Waals surface area (Å²) in [5, 5.41) is 3.64. The number of nitrogens with two attached hydrogens (primary N) is 1. The third kappa shape index (κ3) is 2.84. The Kier molecular flexibility index (Phi) is 4.11. The van der Waals surface area contributed by atoms with Crippen molar-refractivity contribution in [2.75, 3.05) is 12.5 Å². The summed E-state index contributed by atoms with van der Waals surface area (Å²) in [6.07, 6.45) is 2.63. The number of benzene rings is 1. The average Bonchev–Trinajstić information content (AvgIpc) is 2.85.